The number of hydrogen-bond donors (Lipinski definition) is 1. The number of carboxylic acid groups (broad SMARTS) is 1. The fourth-order valence-corrected chi connectivity index (χ4v) is 3.82. The van der Waals surface area contributed by atoms with Gasteiger partial charge in [0.2, 0.25) is 15.9 Å². The van der Waals surface area contributed by atoms with E-state index in [0.29, 0.717) is 26.3 Å². The Bertz CT molecular complexity index is 745. The molecule has 0 radical (unpaired) electrons. The molecule has 0 aliphatic carbocycles. The Labute approximate surface area is 151 Å². The number of carboxylic acids is 1. The van der Waals surface area contributed by atoms with Crippen LogP contribution < -0.4 is 0 Å². The predicted molar refractivity (Wildman–Crippen MR) is 92.6 cm³/mol. The van der Waals surface area contributed by atoms with Crippen LogP contribution in [0.15, 0.2) is 36.7 Å². The van der Waals surface area contributed by atoms with Crippen LogP contribution in [-0.4, -0.2) is 78.2 Å². The molecule has 0 spiro atoms. The number of amides is 1. The summed E-state index contributed by atoms with van der Waals surface area (Å²) in [4.78, 5) is 28.1. The second kappa shape index (κ2) is 9.41. The summed E-state index contributed by atoms with van der Waals surface area (Å²) >= 11 is 0. The minimum atomic E-state index is -3.53. The number of pyridine rings is 1. The molecular formula is C16H21N3O6S. The molecule has 1 aromatic heterocycles. The Balaban J connectivity index is 2.07. The lowest BCUT2D eigenvalue weighted by Gasteiger charge is -2.28. The topological polar surface area (TPSA) is 117 Å². The van der Waals surface area contributed by atoms with Gasteiger partial charge in [-0.1, -0.05) is 0 Å². The summed E-state index contributed by atoms with van der Waals surface area (Å²) in [6, 6.07) is 3.41. The van der Waals surface area contributed by atoms with E-state index in [2.05, 4.69) is 4.98 Å². The first-order valence-corrected chi connectivity index (χ1v) is 9.64. The van der Waals surface area contributed by atoms with Crippen LogP contribution in [-0.2, 0) is 30.9 Å². The average molecular weight is 383 g/mol. The lowest BCUT2D eigenvalue weighted by molar-refractivity contribution is -0.132. The van der Waals surface area contributed by atoms with Crippen molar-refractivity contribution in [2.75, 3.05) is 38.6 Å². The maximum Gasteiger partial charge on any atom is 0.328 e. The van der Waals surface area contributed by atoms with Gasteiger partial charge in [-0.05, 0) is 17.7 Å². The molecule has 0 unspecified atom stereocenters. The van der Waals surface area contributed by atoms with E-state index in [1.54, 1.807) is 24.5 Å². The molecule has 1 fully saturated rings. The Morgan fingerprint density at radius 3 is 2.50 bits per heavy atom. The van der Waals surface area contributed by atoms with E-state index in [0.717, 1.165) is 17.7 Å². The molecule has 0 saturated carbocycles. The molecule has 1 aliphatic rings. The van der Waals surface area contributed by atoms with Crippen molar-refractivity contribution in [3.63, 3.8) is 0 Å². The van der Waals surface area contributed by atoms with Gasteiger partial charge in [0.25, 0.3) is 0 Å². The van der Waals surface area contributed by atoms with Crippen LogP contribution >= 0.6 is 0 Å². The molecule has 10 heteroatoms. The fraction of sp³-hybridized carbons (Fsp3) is 0.438. The standard InChI is InChI=1S/C16H21N3O6S/c20-15(1-2-16(21)22)18(13-14-3-5-17-6-4-14)9-12-26(23,24)19-7-10-25-11-8-19/h1-6H,7-13H2,(H,21,22)/b2-1+. The van der Waals surface area contributed by atoms with E-state index < -0.39 is 21.9 Å². The van der Waals surface area contributed by atoms with E-state index >= 15 is 0 Å². The summed E-state index contributed by atoms with van der Waals surface area (Å²) < 4.78 is 31.4. The van der Waals surface area contributed by atoms with Crippen LogP contribution in [0.5, 0.6) is 0 Å². The highest BCUT2D eigenvalue weighted by molar-refractivity contribution is 7.89. The predicted octanol–water partition coefficient (Wildman–Crippen LogP) is -0.287. The van der Waals surface area contributed by atoms with Gasteiger partial charge in [-0.2, -0.15) is 4.31 Å². The number of aliphatic carboxylic acids is 1. The normalized spacial score (nSPS) is 15.8. The molecule has 142 valence electrons. The van der Waals surface area contributed by atoms with Gasteiger partial charge in [0.1, 0.15) is 0 Å². The van der Waals surface area contributed by atoms with Gasteiger partial charge in [0, 0.05) is 50.7 Å². The summed E-state index contributed by atoms with van der Waals surface area (Å²) in [6.45, 7) is 1.38. The first-order valence-electron chi connectivity index (χ1n) is 8.03. The van der Waals surface area contributed by atoms with Crippen molar-refractivity contribution in [2.45, 2.75) is 6.54 Å². The molecule has 0 atom stereocenters. The van der Waals surface area contributed by atoms with E-state index in [-0.39, 0.29) is 18.8 Å². The molecule has 0 aromatic carbocycles. The summed E-state index contributed by atoms with van der Waals surface area (Å²) in [6.07, 6.45) is 4.79. The molecule has 1 aliphatic heterocycles. The Morgan fingerprint density at radius 2 is 1.88 bits per heavy atom. The number of ether oxygens (including phenoxy) is 1. The summed E-state index contributed by atoms with van der Waals surface area (Å²) in [5, 5.41) is 8.68. The molecule has 9 nitrogen and oxygen atoms in total. The Morgan fingerprint density at radius 1 is 1.23 bits per heavy atom. The van der Waals surface area contributed by atoms with Crippen molar-refractivity contribution in [1.29, 1.82) is 0 Å². The molecule has 1 N–H and O–H groups in total. The first-order chi connectivity index (χ1) is 12.4. The Hall–Kier alpha value is -2.30. The van der Waals surface area contributed by atoms with Crippen LogP contribution in [0, 0.1) is 0 Å². The summed E-state index contributed by atoms with van der Waals surface area (Å²) in [5.74, 6) is -2.06. The van der Waals surface area contributed by atoms with Crippen molar-refractivity contribution in [3.05, 3.63) is 42.2 Å². The SMILES string of the molecule is O=C(O)/C=C/C(=O)N(CCS(=O)(=O)N1CCOCC1)Cc1ccncc1. The zero-order chi connectivity index (χ0) is 19.0. The number of carbonyl (C=O) groups excluding carboxylic acids is 1. The highest BCUT2D eigenvalue weighted by atomic mass is 32.2. The molecule has 26 heavy (non-hydrogen) atoms. The van der Waals surface area contributed by atoms with Gasteiger partial charge in [0.05, 0.1) is 19.0 Å². The van der Waals surface area contributed by atoms with E-state index in [1.807, 2.05) is 0 Å². The quantitative estimate of drug-likeness (QED) is 0.613. The van der Waals surface area contributed by atoms with Gasteiger partial charge in [-0.25, -0.2) is 13.2 Å². The molecule has 2 heterocycles. The number of carbonyl (C=O) groups is 2. The van der Waals surface area contributed by atoms with Crippen molar-refractivity contribution in [2.24, 2.45) is 0 Å². The maximum atomic E-state index is 12.4. The van der Waals surface area contributed by atoms with Gasteiger partial charge < -0.3 is 14.7 Å². The smallest absolute Gasteiger partial charge is 0.328 e. The van der Waals surface area contributed by atoms with E-state index in [1.165, 1.54) is 9.21 Å². The minimum Gasteiger partial charge on any atom is -0.478 e. The zero-order valence-electron chi connectivity index (χ0n) is 14.2. The van der Waals surface area contributed by atoms with Gasteiger partial charge in [-0.15, -0.1) is 0 Å². The van der Waals surface area contributed by atoms with E-state index in [4.69, 9.17) is 9.84 Å². The van der Waals surface area contributed by atoms with Crippen LogP contribution in [0.2, 0.25) is 0 Å². The van der Waals surface area contributed by atoms with Crippen LogP contribution in [0.3, 0.4) is 0 Å². The number of nitrogens with zero attached hydrogens (tertiary/aromatic N) is 3. The maximum absolute atomic E-state index is 12.4. The lowest BCUT2D eigenvalue weighted by Crippen LogP contribution is -2.44. The van der Waals surface area contributed by atoms with Crippen molar-refractivity contribution in [1.82, 2.24) is 14.2 Å². The van der Waals surface area contributed by atoms with E-state index in [9.17, 15) is 18.0 Å². The van der Waals surface area contributed by atoms with Gasteiger partial charge in [0.15, 0.2) is 0 Å². The largest absolute Gasteiger partial charge is 0.478 e. The van der Waals surface area contributed by atoms with Gasteiger partial charge in [-0.3, -0.25) is 9.78 Å². The van der Waals surface area contributed by atoms with Crippen LogP contribution in [0.1, 0.15) is 5.56 Å². The number of rotatable bonds is 8. The number of hydrogen-bond acceptors (Lipinski definition) is 6. The zero-order valence-corrected chi connectivity index (χ0v) is 15.0. The van der Waals surface area contributed by atoms with Crippen molar-refractivity contribution >= 4 is 21.9 Å². The number of aromatic nitrogens is 1. The van der Waals surface area contributed by atoms with Crippen molar-refractivity contribution < 1.29 is 27.9 Å². The summed E-state index contributed by atoms with van der Waals surface area (Å²) in [7, 11) is -3.53. The molecule has 1 aromatic rings. The van der Waals surface area contributed by atoms with Crippen LogP contribution in [0.4, 0.5) is 0 Å². The number of morpholine rings is 1. The molecular weight excluding hydrogens is 362 g/mol. The molecule has 1 amide bonds. The third-order valence-electron chi connectivity index (χ3n) is 3.79. The molecule has 1 saturated heterocycles. The fourth-order valence-electron chi connectivity index (χ4n) is 2.40. The first kappa shape index (κ1) is 20.0. The van der Waals surface area contributed by atoms with Gasteiger partial charge >= 0.3 is 5.97 Å². The average Bonchev–Trinajstić information content (AvgIpc) is 2.64. The summed E-state index contributed by atoms with van der Waals surface area (Å²) in [5.41, 5.74) is 0.765. The lowest BCUT2D eigenvalue weighted by atomic mass is 10.2. The second-order valence-corrected chi connectivity index (χ2v) is 7.70. The van der Waals surface area contributed by atoms with Crippen LogP contribution in [0.25, 0.3) is 0 Å². The number of sulfonamides is 1. The highest BCUT2D eigenvalue weighted by Crippen LogP contribution is 2.09. The molecule has 2 rings (SSSR count). The minimum absolute atomic E-state index is 0.0508. The highest BCUT2D eigenvalue weighted by Gasteiger charge is 2.25. The molecule has 0 bridgehead atoms. The van der Waals surface area contributed by atoms with Crippen molar-refractivity contribution in [3.8, 4) is 0 Å². The second-order valence-electron chi connectivity index (χ2n) is 5.61. The third-order valence-corrected chi connectivity index (χ3v) is 5.64. The monoisotopic (exact) mass is 383 g/mol. The Kier molecular flexibility index (Phi) is 7.25. The third kappa shape index (κ3) is 6.21.